The second-order valence-electron chi connectivity index (χ2n) is 4.52. The van der Waals surface area contributed by atoms with E-state index in [1.165, 1.54) is 12.1 Å². The van der Waals surface area contributed by atoms with Crippen molar-refractivity contribution in [2.75, 3.05) is 0 Å². The number of rotatable bonds is 5. The molecule has 2 aromatic rings. The Balaban J connectivity index is 2.07. The van der Waals surface area contributed by atoms with Gasteiger partial charge in [0.25, 0.3) is 5.91 Å². The summed E-state index contributed by atoms with van der Waals surface area (Å²) in [4.78, 5) is 23.0. The Hall–Kier alpha value is -2.27. The fourth-order valence-electron chi connectivity index (χ4n) is 2.01. The molecule has 1 aromatic carbocycles. The van der Waals surface area contributed by atoms with Crippen molar-refractivity contribution in [2.45, 2.75) is 20.0 Å². The zero-order valence-corrected chi connectivity index (χ0v) is 12.2. The van der Waals surface area contributed by atoms with Gasteiger partial charge in [-0.15, -0.1) is 0 Å². The van der Waals surface area contributed by atoms with Crippen LogP contribution in [-0.2, 0) is 13.1 Å². The third-order valence-electron chi connectivity index (χ3n) is 3.06. The molecule has 110 valence electrons. The van der Waals surface area contributed by atoms with E-state index in [0.717, 1.165) is 5.56 Å². The number of carboxylic acids is 1. The lowest BCUT2D eigenvalue weighted by molar-refractivity contribution is 0.0696. The van der Waals surface area contributed by atoms with E-state index in [9.17, 15) is 9.59 Å². The smallest absolute Gasteiger partial charge is 0.335 e. The molecule has 2 N–H and O–H groups in total. The molecular formula is C15H15ClN2O3. The van der Waals surface area contributed by atoms with Crippen LogP contribution in [0, 0.1) is 0 Å². The van der Waals surface area contributed by atoms with E-state index < -0.39 is 5.97 Å². The highest BCUT2D eigenvalue weighted by atomic mass is 35.5. The standard InChI is InChI=1S/C15H15ClN2O3/c1-2-18-9-12(16)7-13(18)14(19)17-8-10-4-3-5-11(6-10)15(20)21/h3-7,9H,2,8H2,1H3,(H,17,19)(H,20,21). The monoisotopic (exact) mass is 306 g/mol. The molecule has 0 saturated heterocycles. The maximum atomic E-state index is 12.1. The van der Waals surface area contributed by atoms with Gasteiger partial charge in [0, 0.05) is 19.3 Å². The molecule has 0 aliphatic rings. The molecule has 5 nitrogen and oxygen atoms in total. The van der Waals surface area contributed by atoms with Crippen molar-refractivity contribution in [2.24, 2.45) is 0 Å². The number of carboxylic acid groups (broad SMARTS) is 1. The number of amides is 1. The van der Waals surface area contributed by atoms with E-state index >= 15 is 0 Å². The molecule has 1 aromatic heterocycles. The number of aromatic nitrogens is 1. The van der Waals surface area contributed by atoms with Gasteiger partial charge in [0.1, 0.15) is 5.69 Å². The molecular weight excluding hydrogens is 292 g/mol. The van der Waals surface area contributed by atoms with Crippen molar-refractivity contribution in [1.82, 2.24) is 9.88 Å². The van der Waals surface area contributed by atoms with E-state index in [0.29, 0.717) is 17.3 Å². The van der Waals surface area contributed by atoms with Crippen molar-refractivity contribution in [3.63, 3.8) is 0 Å². The number of carbonyl (C=O) groups is 2. The van der Waals surface area contributed by atoms with Crippen LogP contribution in [0.2, 0.25) is 5.02 Å². The first kappa shape index (κ1) is 15.1. The van der Waals surface area contributed by atoms with Crippen LogP contribution in [0.5, 0.6) is 0 Å². The van der Waals surface area contributed by atoms with Gasteiger partial charge in [-0.3, -0.25) is 4.79 Å². The summed E-state index contributed by atoms with van der Waals surface area (Å²) in [5.74, 6) is -1.24. The van der Waals surface area contributed by atoms with Gasteiger partial charge >= 0.3 is 5.97 Å². The topological polar surface area (TPSA) is 71.3 Å². The quantitative estimate of drug-likeness (QED) is 0.892. The molecule has 2 rings (SSSR count). The van der Waals surface area contributed by atoms with Crippen LogP contribution in [0.25, 0.3) is 0 Å². The fourth-order valence-corrected chi connectivity index (χ4v) is 2.24. The maximum absolute atomic E-state index is 12.1. The summed E-state index contributed by atoms with van der Waals surface area (Å²) in [5, 5.41) is 12.2. The van der Waals surface area contributed by atoms with Crippen molar-refractivity contribution in [1.29, 1.82) is 0 Å². The van der Waals surface area contributed by atoms with Gasteiger partial charge in [0.05, 0.1) is 10.6 Å². The van der Waals surface area contributed by atoms with Gasteiger partial charge in [-0.05, 0) is 30.7 Å². The molecule has 1 amide bonds. The molecule has 0 fully saturated rings. The minimum atomic E-state index is -0.991. The second kappa shape index (κ2) is 6.45. The van der Waals surface area contributed by atoms with Gasteiger partial charge < -0.3 is 15.0 Å². The van der Waals surface area contributed by atoms with E-state index in [-0.39, 0.29) is 18.0 Å². The maximum Gasteiger partial charge on any atom is 0.335 e. The number of aromatic carboxylic acids is 1. The first-order chi connectivity index (χ1) is 10.0. The number of hydrogen-bond acceptors (Lipinski definition) is 2. The third-order valence-corrected chi connectivity index (χ3v) is 3.27. The van der Waals surface area contributed by atoms with Crippen LogP contribution in [-0.4, -0.2) is 21.6 Å². The molecule has 0 aliphatic heterocycles. The summed E-state index contributed by atoms with van der Waals surface area (Å²) >= 11 is 5.90. The molecule has 21 heavy (non-hydrogen) atoms. The number of carbonyl (C=O) groups excluding carboxylic acids is 1. The Morgan fingerprint density at radius 1 is 1.33 bits per heavy atom. The van der Waals surface area contributed by atoms with Crippen LogP contribution < -0.4 is 5.32 Å². The highest BCUT2D eigenvalue weighted by Gasteiger charge is 2.12. The molecule has 0 saturated carbocycles. The average Bonchev–Trinajstić information content (AvgIpc) is 2.86. The van der Waals surface area contributed by atoms with Crippen molar-refractivity contribution in [3.05, 3.63) is 58.4 Å². The molecule has 6 heteroatoms. The summed E-state index contributed by atoms with van der Waals surface area (Å²) in [6, 6.07) is 8.06. The second-order valence-corrected chi connectivity index (χ2v) is 4.95. The molecule has 0 atom stereocenters. The summed E-state index contributed by atoms with van der Waals surface area (Å²) in [6.07, 6.45) is 1.70. The van der Waals surface area contributed by atoms with Gasteiger partial charge in [0.2, 0.25) is 0 Å². The minimum Gasteiger partial charge on any atom is -0.478 e. The van der Waals surface area contributed by atoms with E-state index in [1.807, 2.05) is 6.92 Å². The molecule has 0 bridgehead atoms. The van der Waals surface area contributed by atoms with E-state index in [2.05, 4.69) is 5.32 Å². The Bertz CT molecular complexity index is 679. The van der Waals surface area contributed by atoms with Crippen LogP contribution in [0.1, 0.15) is 33.3 Å². The zero-order chi connectivity index (χ0) is 15.4. The van der Waals surface area contributed by atoms with Crippen molar-refractivity contribution >= 4 is 23.5 Å². The molecule has 0 unspecified atom stereocenters. The summed E-state index contributed by atoms with van der Waals surface area (Å²) in [7, 11) is 0. The average molecular weight is 307 g/mol. The predicted octanol–water partition coefficient (Wildman–Crippen LogP) is 2.79. The molecule has 0 radical (unpaired) electrons. The number of aryl methyl sites for hydroxylation is 1. The Labute approximate surface area is 127 Å². The number of halogens is 1. The van der Waals surface area contributed by atoms with Crippen molar-refractivity contribution < 1.29 is 14.7 Å². The predicted molar refractivity (Wildman–Crippen MR) is 79.7 cm³/mol. The van der Waals surface area contributed by atoms with Gasteiger partial charge in [-0.1, -0.05) is 23.7 Å². The number of benzene rings is 1. The highest BCUT2D eigenvalue weighted by molar-refractivity contribution is 6.31. The third kappa shape index (κ3) is 3.64. The lowest BCUT2D eigenvalue weighted by Gasteiger charge is -2.08. The Morgan fingerprint density at radius 2 is 2.10 bits per heavy atom. The summed E-state index contributed by atoms with van der Waals surface area (Å²) in [5.41, 5.74) is 1.41. The van der Waals surface area contributed by atoms with Gasteiger partial charge in [-0.25, -0.2) is 4.79 Å². The largest absolute Gasteiger partial charge is 0.478 e. The lowest BCUT2D eigenvalue weighted by atomic mass is 10.1. The zero-order valence-electron chi connectivity index (χ0n) is 11.5. The first-order valence-electron chi connectivity index (χ1n) is 6.47. The Kier molecular flexibility index (Phi) is 4.65. The normalized spacial score (nSPS) is 10.4. The highest BCUT2D eigenvalue weighted by Crippen LogP contribution is 2.14. The van der Waals surface area contributed by atoms with E-state index in [1.54, 1.807) is 29.0 Å². The Morgan fingerprint density at radius 3 is 2.76 bits per heavy atom. The summed E-state index contributed by atoms with van der Waals surface area (Å²) in [6.45, 7) is 2.82. The molecule has 0 spiro atoms. The minimum absolute atomic E-state index is 0.196. The SMILES string of the molecule is CCn1cc(Cl)cc1C(=O)NCc1cccc(C(=O)O)c1. The van der Waals surface area contributed by atoms with Crippen LogP contribution in [0.3, 0.4) is 0 Å². The van der Waals surface area contributed by atoms with E-state index in [4.69, 9.17) is 16.7 Å². The number of nitrogens with zero attached hydrogens (tertiary/aromatic N) is 1. The summed E-state index contributed by atoms with van der Waals surface area (Å²) < 4.78 is 1.76. The lowest BCUT2D eigenvalue weighted by Crippen LogP contribution is -2.25. The van der Waals surface area contributed by atoms with Crippen LogP contribution >= 0.6 is 11.6 Å². The first-order valence-corrected chi connectivity index (χ1v) is 6.85. The number of hydrogen-bond donors (Lipinski definition) is 2. The number of nitrogens with one attached hydrogen (secondary N) is 1. The van der Waals surface area contributed by atoms with Crippen molar-refractivity contribution in [3.8, 4) is 0 Å². The molecule has 1 heterocycles. The van der Waals surface area contributed by atoms with Crippen LogP contribution in [0.15, 0.2) is 36.5 Å². The van der Waals surface area contributed by atoms with Gasteiger partial charge in [-0.2, -0.15) is 0 Å². The van der Waals surface area contributed by atoms with Gasteiger partial charge in [0.15, 0.2) is 0 Å². The van der Waals surface area contributed by atoms with Crippen LogP contribution in [0.4, 0.5) is 0 Å². The fraction of sp³-hybridized carbons (Fsp3) is 0.200. The molecule has 0 aliphatic carbocycles.